The number of piperidine rings is 1. The lowest BCUT2D eigenvalue weighted by Gasteiger charge is -2.45. The molecule has 3 saturated heterocycles. The third-order valence-electron chi connectivity index (χ3n) is 8.36. The van der Waals surface area contributed by atoms with Crippen LogP contribution in [0.1, 0.15) is 51.8 Å². The molecule has 1 spiro atoms. The Morgan fingerprint density at radius 3 is 2.68 bits per heavy atom. The molecule has 5 rings (SSSR count). The maximum Gasteiger partial charge on any atom is 0.262 e. The first-order valence-corrected chi connectivity index (χ1v) is 14.6. The van der Waals surface area contributed by atoms with E-state index in [1.807, 2.05) is 27.8 Å². The number of aromatic nitrogens is 3. The molecule has 2 aromatic rings. The molecule has 1 N–H and O–H groups in total. The van der Waals surface area contributed by atoms with Crippen molar-refractivity contribution in [1.29, 1.82) is 0 Å². The van der Waals surface area contributed by atoms with Crippen LogP contribution < -0.4 is 0 Å². The summed E-state index contributed by atoms with van der Waals surface area (Å²) in [6.45, 7) is 11.9. The van der Waals surface area contributed by atoms with Crippen molar-refractivity contribution < 1.29 is 23.4 Å². The number of halogens is 2. The van der Waals surface area contributed by atoms with Gasteiger partial charge in [0.25, 0.3) is 5.92 Å². The van der Waals surface area contributed by atoms with Gasteiger partial charge >= 0.3 is 0 Å². The van der Waals surface area contributed by atoms with E-state index in [9.17, 15) is 13.9 Å². The molecule has 3 aliphatic rings. The highest BCUT2D eigenvalue weighted by Crippen LogP contribution is 2.48. The number of likely N-dealkylation sites (tertiary alicyclic amines) is 2. The third-order valence-corrected chi connectivity index (χ3v) is 9.06. The third kappa shape index (κ3) is 5.25. The quantitative estimate of drug-likeness (QED) is 0.300. The minimum atomic E-state index is -2.75. The maximum absolute atomic E-state index is 14.9. The first-order valence-electron chi connectivity index (χ1n) is 13.4. The van der Waals surface area contributed by atoms with E-state index in [2.05, 4.69) is 28.5 Å². The molecule has 0 unspecified atom stereocenters. The molecule has 210 valence electrons. The lowest BCUT2D eigenvalue weighted by atomic mass is 9.84. The van der Waals surface area contributed by atoms with Crippen molar-refractivity contribution in [1.82, 2.24) is 24.4 Å². The molecular weight excluding hydrogens is 512 g/mol. The van der Waals surface area contributed by atoms with Gasteiger partial charge in [-0.05, 0) is 64.7 Å². The molecule has 8 nitrogen and oxygen atoms in total. The zero-order valence-corrected chi connectivity index (χ0v) is 23.5. The van der Waals surface area contributed by atoms with Gasteiger partial charge in [0, 0.05) is 24.4 Å². The molecule has 0 aromatic carbocycles. The van der Waals surface area contributed by atoms with Crippen LogP contribution in [0.15, 0.2) is 36.1 Å². The van der Waals surface area contributed by atoms with E-state index in [4.69, 9.17) is 9.47 Å². The Morgan fingerprint density at radius 2 is 2.05 bits per heavy atom. The van der Waals surface area contributed by atoms with Gasteiger partial charge in [-0.2, -0.15) is 5.10 Å². The zero-order chi connectivity index (χ0) is 27.3. The van der Waals surface area contributed by atoms with E-state index in [0.717, 1.165) is 35.9 Å². The van der Waals surface area contributed by atoms with Crippen molar-refractivity contribution in [3.63, 3.8) is 0 Å². The fourth-order valence-corrected chi connectivity index (χ4v) is 7.11. The average molecular weight is 552 g/mol. The molecule has 2 aromatic heterocycles. The molecule has 0 aliphatic carbocycles. The Bertz CT molecular complexity index is 1150. The van der Waals surface area contributed by atoms with Crippen molar-refractivity contribution in [3.05, 3.63) is 36.8 Å². The number of nitrogens with zero attached hydrogens (tertiary/aromatic N) is 5. The van der Waals surface area contributed by atoms with Gasteiger partial charge in [0.05, 0.1) is 30.0 Å². The number of alkyl halides is 2. The summed E-state index contributed by atoms with van der Waals surface area (Å²) in [7, 11) is 0. The van der Waals surface area contributed by atoms with Crippen LogP contribution in [0, 0.1) is 5.92 Å². The Morgan fingerprint density at radius 1 is 1.32 bits per heavy atom. The molecular formula is C27H39F2N5O3S. The summed E-state index contributed by atoms with van der Waals surface area (Å²) in [5.74, 6) is -4.50. The number of aliphatic hydroxyl groups is 1. The fourth-order valence-electron chi connectivity index (χ4n) is 6.59. The normalized spacial score (nSPS) is 30.0. The van der Waals surface area contributed by atoms with Crippen LogP contribution in [0.2, 0.25) is 0 Å². The topological polar surface area (TPSA) is 75.4 Å². The molecule has 38 heavy (non-hydrogen) atoms. The Labute approximate surface area is 227 Å². The predicted octanol–water partition coefficient (Wildman–Crippen LogP) is 4.00. The molecule has 11 heteroatoms. The summed E-state index contributed by atoms with van der Waals surface area (Å²) in [6.07, 6.45) is 4.93. The number of rotatable bonds is 8. The van der Waals surface area contributed by atoms with Crippen LogP contribution in [-0.4, -0.2) is 97.9 Å². The van der Waals surface area contributed by atoms with Crippen LogP contribution in [0.25, 0.3) is 5.52 Å². The van der Waals surface area contributed by atoms with E-state index in [0.29, 0.717) is 12.8 Å². The van der Waals surface area contributed by atoms with Crippen molar-refractivity contribution in [2.24, 2.45) is 5.92 Å². The molecule has 0 bridgehead atoms. The predicted molar refractivity (Wildman–Crippen MR) is 142 cm³/mol. The number of fused-ring (bicyclic) bond motifs is 1. The molecule has 3 fully saturated rings. The molecule has 5 heterocycles. The molecule has 3 aliphatic heterocycles. The molecule has 0 radical (unpaired) electrons. The smallest absolute Gasteiger partial charge is 0.262 e. The van der Waals surface area contributed by atoms with Gasteiger partial charge in [0.2, 0.25) is 0 Å². The van der Waals surface area contributed by atoms with Crippen LogP contribution in [0.4, 0.5) is 8.78 Å². The minimum Gasteiger partial charge on any atom is -0.366 e. The van der Waals surface area contributed by atoms with Crippen molar-refractivity contribution >= 4 is 17.3 Å². The fraction of sp³-hybridized carbons (Fsp3) is 0.704. The SMILES string of the molecule is C=C[C@@H]1[C@H](OC(C)(C)O)[C@@H](CN2CC(F)(F)CC23CCN(CC)CC3)O[C@H]1c1ccc2c(SC)ncnn12. The lowest BCUT2D eigenvalue weighted by molar-refractivity contribution is -0.220. The first-order chi connectivity index (χ1) is 18.0. The van der Waals surface area contributed by atoms with Crippen LogP contribution in [0.3, 0.4) is 0 Å². The van der Waals surface area contributed by atoms with Gasteiger partial charge < -0.3 is 19.5 Å². The molecule has 4 atom stereocenters. The summed E-state index contributed by atoms with van der Waals surface area (Å²) >= 11 is 1.53. The highest BCUT2D eigenvalue weighted by atomic mass is 32.2. The summed E-state index contributed by atoms with van der Waals surface area (Å²) in [4.78, 5) is 8.62. The largest absolute Gasteiger partial charge is 0.366 e. The highest BCUT2D eigenvalue weighted by Gasteiger charge is 2.57. The first kappa shape index (κ1) is 27.9. The minimum absolute atomic E-state index is 0.132. The molecule has 0 saturated carbocycles. The monoisotopic (exact) mass is 551 g/mol. The molecule has 0 amide bonds. The van der Waals surface area contributed by atoms with Crippen LogP contribution >= 0.6 is 11.8 Å². The van der Waals surface area contributed by atoms with E-state index < -0.39 is 35.6 Å². The van der Waals surface area contributed by atoms with Gasteiger partial charge in [-0.25, -0.2) is 18.3 Å². The van der Waals surface area contributed by atoms with E-state index in [-0.39, 0.29) is 25.4 Å². The summed E-state index contributed by atoms with van der Waals surface area (Å²) in [5.41, 5.74) is 1.11. The number of thioether (sulfide) groups is 1. The van der Waals surface area contributed by atoms with Gasteiger partial charge in [0.15, 0.2) is 5.79 Å². The van der Waals surface area contributed by atoms with Crippen LogP contribution in [0.5, 0.6) is 0 Å². The van der Waals surface area contributed by atoms with Crippen LogP contribution in [-0.2, 0) is 9.47 Å². The summed E-state index contributed by atoms with van der Waals surface area (Å²) in [5, 5.41) is 15.9. The van der Waals surface area contributed by atoms with Crippen molar-refractivity contribution in [2.45, 2.75) is 80.6 Å². The van der Waals surface area contributed by atoms with E-state index in [1.54, 1.807) is 19.9 Å². The number of ether oxygens (including phenoxy) is 2. The van der Waals surface area contributed by atoms with E-state index >= 15 is 0 Å². The second-order valence-corrected chi connectivity index (χ2v) is 12.1. The van der Waals surface area contributed by atoms with Gasteiger partial charge in [-0.15, -0.1) is 18.3 Å². The second kappa shape index (κ2) is 10.4. The zero-order valence-electron chi connectivity index (χ0n) is 22.6. The summed E-state index contributed by atoms with van der Waals surface area (Å²) < 4.78 is 44.5. The Balaban J connectivity index is 1.47. The summed E-state index contributed by atoms with van der Waals surface area (Å²) in [6, 6.07) is 3.92. The van der Waals surface area contributed by atoms with Crippen molar-refractivity contribution in [3.8, 4) is 0 Å². The van der Waals surface area contributed by atoms with E-state index in [1.165, 1.54) is 18.1 Å². The van der Waals surface area contributed by atoms with Crippen molar-refractivity contribution in [2.75, 3.05) is 39.0 Å². The van der Waals surface area contributed by atoms with Gasteiger partial charge in [-0.3, -0.25) is 4.90 Å². The Kier molecular flexibility index (Phi) is 7.64. The number of hydrogen-bond acceptors (Lipinski definition) is 8. The van der Waals surface area contributed by atoms with Gasteiger partial charge in [0.1, 0.15) is 17.5 Å². The average Bonchev–Trinajstić information content (AvgIpc) is 3.50. The highest BCUT2D eigenvalue weighted by molar-refractivity contribution is 7.98. The number of hydrogen-bond donors (Lipinski definition) is 1. The van der Waals surface area contributed by atoms with Gasteiger partial charge in [-0.1, -0.05) is 13.0 Å². The Hall–Kier alpha value is -1.63. The second-order valence-electron chi connectivity index (χ2n) is 11.3. The lowest BCUT2D eigenvalue weighted by Crippen LogP contribution is -2.55. The standard InChI is InChI=1S/C27H39F2N5O3S/c1-6-18-22(19-8-9-20-24(38-5)30-17-31-34(19)20)36-21(23(18)37-25(3,4)35)14-33-16-27(28,29)15-26(33)10-12-32(7-2)13-11-26/h6,8-9,17-18,21-23,35H,1,7,10-16H2,2-5H3/t18-,21+,22+,23-/m0/s1. The maximum atomic E-state index is 14.9.